The molecule has 0 saturated heterocycles. The molecular weight excluding hydrogens is 217 g/mol. The Morgan fingerprint density at radius 1 is 1.60 bits per heavy atom. The number of benzene rings is 1. The van der Waals surface area contributed by atoms with Crippen LogP contribution in [0.1, 0.15) is 18.1 Å². The van der Waals surface area contributed by atoms with Crippen LogP contribution in [0.3, 0.4) is 0 Å². The number of nitrogens with two attached hydrogens (primary N) is 1. The Bertz CT molecular complexity index is 366. The van der Waals surface area contributed by atoms with Gasteiger partial charge >= 0.3 is 0 Å². The Morgan fingerprint density at radius 3 is 2.67 bits per heavy atom. The molecule has 0 amide bonds. The summed E-state index contributed by atoms with van der Waals surface area (Å²) < 4.78 is 18.7. The molecule has 0 aliphatic rings. The van der Waals surface area contributed by atoms with Crippen LogP contribution in [0.5, 0.6) is 5.75 Å². The van der Waals surface area contributed by atoms with E-state index in [-0.39, 0.29) is 11.8 Å². The summed E-state index contributed by atoms with van der Waals surface area (Å²) in [6.07, 6.45) is 0.472. The zero-order chi connectivity index (χ0) is 11.6. The molecule has 0 heterocycles. The van der Waals surface area contributed by atoms with Gasteiger partial charge in [0.05, 0.1) is 12.1 Å². The molecule has 84 valence electrons. The van der Waals surface area contributed by atoms with Gasteiger partial charge in [0.1, 0.15) is 0 Å². The lowest BCUT2D eigenvalue weighted by atomic mass is 10.0. The largest absolute Gasteiger partial charge is 0.492 e. The van der Waals surface area contributed by atoms with Crippen LogP contribution in [-0.4, -0.2) is 13.2 Å². The van der Waals surface area contributed by atoms with Gasteiger partial charge in [-0.05, 0) is 31.4 Å². The lowest BCUT2D eigenvalue weighted by Crippen LogP contribution is -2.18. The standard InChI is InChI=1S/C11H15ClFNO/c1-6-4-8(5-7(2)14)10(13)11(15-3)9(6)12/h4,7H,5,14H2,1-3H3. The van der Waals surface area contributed by atoms with Crippen LogP contribution in [0.2, 0.25) is 5.02 Å². The Labute approximate surface area is 94.2 Å². The number of rotatable bonds is 3. The lowest BCUT2D eigenvalue weighted by Gasteiger charge is -2.13. The molecule has 0 aromatic heterocycles. The molecule has 0 saturated carbocycles. The van der Waals surface area contributed by atoms with Crippen LogP contribution >= 0.6 is 11.6 Å². The molecule has 2 nitrogen and oxygen atoms in total. The Balaban J connectivity index is 3.24. The summed E-state index contributed by atoms with van der Waals surface area (Å²) in [5, 5.41) is 0.323. The molecule has 1 rings (SSSR count). The van der Waals surface area contributed by atoms with Gasteiger partial charge in [0.15, 0.2) is 11.6 Å². The predicted octanol–water partition coefficient (Wildman–Crippen LogP) is 2.69. The Kier molecular flexibility index (Phi) is 3.94. The van der Waals surface area contributed by atoms with E-state index < -0.39 is 5.82 Å². The molecule has 0 fully saturated rings. The number of ether oxygens (including phenoxy) is 1. The topological polar surface area (TPSA) is 35.2 Å². The van der Waals surface area contributed by atoms with Gasteiger partial charge in [-0.2, -0.15) is 0 Å². The van der Waals surface area contributed by atoms with E-state index in [9.17, 15) is 4.39 Å². The monoisotopic (exact) mass is 231 g/mol. The van der Waals surface area contributed by atoms with Gasteiger partial charge in [-0.15, -0.1) is 0 Å². The summed E-state index contributed by atoms with van der Waals surface area (Å²) in [5.74, 6) is -0.308. The average molecular weight is 232 g/mol. The van der Waals surface area contributed by atoms with Gasteiger partial charge < -0.3 is 10.5 Å². The first-order valence-electron chi connectivity index (χ1n) is 4.74. The molecule has 1 aromatic rings. The van der Waals surface area contributed by atoms with Crippen molar-refractivity contribution in [3.8, 4) is 5.75 Å². The molecule has 1 unspecified atom stereocenters. The van der Waals surface area contributed by atoms with E-state index in [4.69, 9.17) is 22.1 Å². The predicted molar refractivity (Wildman–Crippen MR) is 60.1 cm³/mol. The Morgan fingerprint density at radius 2 is 2.20 bits per heavy atom. The second-order valence-electron chi connectivity index (χ2n) is 3.70. The van der Waals surface area contributed by atoms with Crippen molar-refractivity contribution in [2.24, 2.45) is 5.73 Å². The van der Waals surface area contributed by atoms with Crippen molar-refractivity contribution in [1.29, 1.82) is 0 Å². The molecule has 0 spiro atoms. The summed E-state index contributed by atoms with van der Waals surface area (Å²) in [6, 6.07) is 1.62. The van der Waals surface area contributed by atoms with Crippen LogP contribution in [0.15, 0.2) is 6.07 Å². The number of hydrogen-bond donors (Lipinski definition) is 1. The zero-order valence-electron chi connectivity index (χ0n) is 9.10. The Hall–Kier alpha value is -0.800. The van der Waals surface area contributed by atoms with Crippen molar-refractivity contribution in [1.82, 2.24) is 0 Å². The number of halogens is 2. The third-order valence-electron chi connectivity index (χ3n) is 2.16. The van der Waals surface area contributed by atoms with Crippen LogP contribution in [0.4, 0.5) is 4.39 Å². The summed E-state index contributed by atoms with van der Waals surface area (Å²) in [4.78, 5) is 0. The molecule has 15 heavy (non-hydrogen) atoms. The maximum absolute atomic E-state index is 13.8. The van der Waals surface area contributed by atoms with Crippen LogP contribution < -0.4 is 10.5 Å². The molecule has 0 radical (unpaired) electrons. The van der Waals surface area contributed by atoms with E-state index in [1.807, 2.05) is 13.8 Å². The van der Waals surface area contributed by atoms with E-state index >= 15 is 0 Å². The van der Waals surface area contributed by atoms with Gasteiger partial charge in [-0.1, -0.05) is 17.7 Å². The average Bonchev–Trinajstić information content (AvgIpc) is 2.14. The highest BCUT2D eigenvalue weighted by Gasteiger charge is 2.16. The smallest absolute Gasteiger partial charge is 0.173 e. The maximum atomic E-state index is 13.8. The SMILES string of the molecule is COc1c(F)c(CC(C)N)cc(C)c1Cl. The highest BCUT2D eigenvalue weighted by Crippen LogP contribution is 2.33. The van der Waals surface area contributed by atoms with E-state index in [1.165, 1.54) is 7.11 Å². The third kappa shape index (κ3) is 2.61. The molecule has 1 aromatic carbocycles. The molecule has 0 aliphatic heterocycles. The van der Waals surface area contributed by atoms with Crippen molar-refractivity contribution in [2.75, 3.05) is 7.11 Å². The highest BCUT2D eigenvalue weighted by molar-refractivity contribution is 6.32. The van der Waals surface area contributed by atoms with Gasteiger partial charge in [0.25, 0.3) is 0 Å². The van der Waals surface area contributed by atoms with Crippen molar-refractivity contribution in [3.63, 3.8) is 0 Å². The minimum Gasteiger partial charge on any atom is -0.492 e. The van der Waals surface area contributed by atoms with Gasteiger partial charge in [0.2, 0.25) is 0 Å². The van der Waals surface area contributed by atoms with Crippen LogP contribution in [0.25, 0.3) is 0 Å². The van der Waals surface area contributed by atoms with Gasteiger partial charge in [-0.3, -0.25) is 0 Å². The summed E-state index contributed by atoms with van der Waals surface area (Å²) >= 11 is 5.91. The summed E-state index contributed by atoms with van der Waals surface area (Å²) in [7, 11) is 1.40. The number of hydrogen-bond acceptors (Lipinski definition) is 2. The molecular formula is C11H15ClFNO. The third-order valence-corrected chi connectivity index (χ3v) is 2.63. The van der Waals surface area contributed by atoms with Crippen LogP contribution in [0, 0.1) is 12.7 Å². The minimum atomic E-state index is -0.412. The van der Waals surface area contributed by atoms with Crippen molar-refractivity contribution in [3.05, 3.63) is 28.0 Å². The second-order valence-corrected chi connectivity index (χ2v) is 4.07. The van der Waals surface area contributed by atoms with Gasteiger partial charge in [-0.25, -0.2) is 4.39 Å². The maximum Gasteiger partial charge on any atom is 0.173 e. The zero-order valence-corrected chi connectivity index (χ0v) is 9.86. The highest BCUT2D eigenvalue weighted by atomic mass is 35.5. The first-order valence-corrected chi connectivity index (χ1v) is 5.12. The number of aryl methyl sites for hydroxylation is 1. The summed E-state index contributed by atoms with van der Waals surface area (Å²) in [6.45, 7) is 3.64. The van der Waals surface area contributed by atoms with Crippen molar-refractivity contribution >= 4 is 11.6 Å². The fraction of sp³-hybridized carbons (Fsp3) is 0.455. The van der Waals surface area contributed by atoms with Crippen LogP contribution in [-0.2, 0) is 6.42 Å². The lowest BCUT2D eigenvalue weighted by molar-refractivity contribution is 0.383. The molecule has 0 bridgehead atoms. The fourth-order valence-electron chi connectivity index (χ4n) is 1.48. The molecule has 1 atom stereocenters. The quantitative estimate of drug-likeness (QED) is 0.868. The molecule has 2 N–H and O–H groups in total. The summed E-state index contributed by atoms with van der Waals surface area (Å²) in [5.41, 5.74) is 6.97. The van der Waals surface area contributed by atoms with Crippen molar-refractivity contribution in [2.45, 2.75) is 26.3 Å². The van der Waals surface area contributed by atoms with E-state index in [2.05, 4.69) is 0 Å². The van der Waals surface area contributed by atoms with Gasteiger partial charge in [0, 0.05) is 6.04 Å². The molecule has 4 heteroatoms. The van der Waals surface area contributed by atoms with Crippen molar-refractivity contribution < 1.29 is 9.13 Å². The fourth-order valence-corrected chi connectivity index (χ4v) is 1.70. The first kappa shape index (κ1) is 12.3. The van der Waals surface area contributed by atoms with E-state index in [0.29, 0.717) is 17.0 Å². The first-order chi connectivity index (χ1) is 6.97. The molecule has 0 aliphatic carbocycles. The second kappa shape index (κ2) is 4.81. The normalized spacial score (nSPS) is 12.7. The number of methoxy groups -OCH3 is 1. The van der Waals surface area contributed by atoms with E-state index in [0.717, 1.165) is 5.56 Å². The minimum absolute atomic E-state index is 0.0928. The van der Waals surface area contributed by atoms with E-state index in [1.54, 1.807) is 6.07 Å².